The van der Waals surface area contributed by atoms with Gasteiger partial charge in [-0.1, -0.05) is 6.92 Å². The van der Waals surface area contributed by atoms with Crippen LogP contribution in [0.25, 0.3) is 0 Å². The molecule has 1 atom stereocenters. The minimum atomic E-state index is -0.0375. The fourth-order valence-electron chi connectivity index (χ4n) is 0.972. The van der Waals surface area contributed by atoms with Crippen LogP contribution in [0.2, 0.25) is 0 Å². The Morgan fingerprint density at radius 3 is 3.06 bits per heavy atom. The summed E-state index contributed by atoms with van der Waals surface area (Å²) in [6.07, 6.45) is 0. The van der Waals surface area contributed by atoms with Crippen molar-refractivity contribution in [2.45, 2.75) is 13.8 Å². The third kappa shape index (κ3) is 4.96. The molecule has 0 saturated heterocycles. The molecule has 16 heavy (non-hydrogen) atoms. The summed E-state index contributed by atoms with van der Waals surface area (Å²) in [4.78, 5) is 15.6. The zero-order valence-corrected chi connectivity index (χ0v) is 11.0. The molecule has 1 unspecified atom stereocenters. The van der Waals surface area contributed by atoms with Gasteiger partial charge >= 0.3 is 0 Å². The van der Waals surface area contributed by atoms with Gasteiger partial charge in [-0.05, 0) is 18.6 Å². The van der Waals surface area contributed by atoms with Gasteiger partial charge in [-0.3, -0.25) is 4.79 Å². The van der Waals surface area contributed by atoms with Gasteiger partial charge in [0.1, 0.15) is 0 Å². The average molecular weight is 260 g/mol. The molecule has 6 heteroatoms. The number of carbonyl (C=O) groups is 1. The highest BCUT2D eigenvalue weighted by Crippen LogP contribution is 2.15. The molecule has 1 heterocycles. The number of hydrogen-bond donors (Lipinski definition) is 2. The predicted molar refractivity (Wildman–Crippen MR) is 69.1 cm³/mol. The Balaban J connectivity index is 2.21. The minimum absolute atomic E-state index is 0.0375. The summed E-state index contributed by atoms with van der Waals surface area (Å²) in [6.45, 7) is 4.01. The fourth-order valence-corrected chi connectivity index (χ4v) is 2.56. The van der Waals surface area contributed by atoms with Gasteiger partial charge in [0.15, 0.2) is 5.13 Å². The van der Waals surface area contributed by atoms with Crippen LogP contribution in [-0.4, -0.2) is 34.1 Å². The molecule has 0 fully saturated rings. The van der Waals surface area contributed by atoms with Crippen molar-refractivity contribution in [3.8, 4) is 0 Å². The van der Waals surface area contributed by atoms with Gasteiger partial charge in [0, 0.05) is 12.0 Å². The van der Waals surface area contributed by atoms with E-state index >= 15 is 0 Å². The number of nitrogens with one attached hydrogen (secondary N) is 1. The number of hydrogen-bond acceptors (Lipinski definition) is 5. The Kier molecular flexibility index (Phi) is 5.79. The van der Waals surface area contributed by atoms with Gasteiger partial charge < -0.3 is 10.4 Å². The number of rotatable bonds is 6. The topological polar surface area (TPSA) is 62.2 Å². The van der Waals surface area contributed by atoms with Crippen molar-refractivity contribution in [2.24, 2.45) is 5.92 Å². The highest BCUT2D eigenvalue weighted by molar-refractivity contribution is 7.99. The molecule has 0 radical (unpaired) electrons. The first kappa shape index (κ1) is 13.5. The first-order valence-electron chi connectivity index (χ1n) is 5.02. The highest BCUT2D eigenvalue weighted by Gasteiger charge is 2.06. The minimum Gasteiger partial charge on any atom is -0.396 e. The molecule has 1 rings (SSSR count). The van der Waals surface area contributed by atoms with E-state index < -0.39 is 0 Å². The number of aryl methyl sites for hydroxylation is 1. The lowest BCUT2D eigenvalue weighted by atomic mass is 10.2. The zero-order valence-electron chi connectivity index (χ0n) is 9.40. The van der Waals surface area contributed by atoms with E-state index in [-0.39, 0.29) is 18.4 Å². The van der Waals surface area contributed by atoms with Crippen LogP contribution in [0.5, 0.6) is 0 Å². The quantitative estimate of drug-likeness (QED) is 0.818. The second kappa shape index (κ2) is 6.88. The Morgan fingerprint density at radius 2 is 2.50 bits per heavy atom. The summed E-state index contributed by atoms with van der Waals surface area (Å²) in [5.41, 5.74) is 0.918. The van der Waals surface area contributed by atoms with Gasteiger partial charge in [-0.15, -0.1) is 11.3 Å². The molecule has 1 aromatic rings. The maximum absolute atomic E-state index is 11.5. The van der Waals surface area contributed by atoms with Crippen molar-refractivity contribution >= 4 is 34.1 Å². The number of nitrogens with zero attached hydrogens (tertiary/aromatic N) is 1. The van der Waals surface area contributed by atoms with Crippen LogP contribution in [0.1, 0.15) is 12.6 Å². The first-order valence-corrected chi connectivity index (χ1v) is 7.06. The smallest absolute Gasteiger partial charge is 0.236 e. The number of anilines is 1. The molecule has 0 aliphatic carbocycles. The lowest BCUT2D eigenvalue weighted by Crippen LogP contribution is -2.15. The van der Waals surface area contributed by atoms with Gasteiger partial charge in [0.05, 0.1) is 11.4 Å². The third-order valence-electron chi connectivity index (χ3n) is 1.81. The molecule has 1 amide bonds. The number of thioether (sulfide) groups is 1. The number of aromatic nitrogens is 1. The summed E-state index contributed by atoms with van der Waals surface area (Å²) in [5, 5.41) is 14.1. The van der Waals surface area contributed by atoms with E-state index in [2.05, 4.69) is 10.3 Å². The molecule has 0 aromatic carbocycles. The van der Waals surface area contributed by atoms with Gasteiger partial charge in [0.25, 0.3) is 0 Å². The van der Waals surface area contributed by atoms with Crippen LogP contribution < -0.4 is 5.32 Å². The number of thiazole rings is 1. The van der Waals surface area contributed by atoms with Gasteiger partial charge in [-0.2, -0.15) is 11.8 Å². The van der Waals surface area contributed by atoms with E-state index in [0.29, 0.717) is 10.9 Å². The Labute approximate surface area is 103 Å². The van der Waals surface area contributed by atoms with Gasteiger partial charge in [0.2, 0.25) is 5.91 Å². The first-order chi connectivity index (χ1) is 7.61. The molecule has 4 nitrogen and oxygen atoms in total. The van der Waals surface area contributed by atoms with E-state index in [0.717, 1.165) is 11.4 Å². The van der Waals surface area contributed by atoms with Crippen molar-refractivity contribution < 1.29 is 9.90 Å². The van der Waals surface area contributed by atoms with Crippen LogP contribution in [0.4, 0.5) is 5.13 Å². The van der Waals surface area contributed by atoms with E-state index in [1.165, 1.54) is 23.1 Å². The molecule has 0 bridgehead atoms. The summed E-state index contributed by atoms with van der Waals surface area (Å²) in [6, 6.07) is 0. The Morgan fingerprint density at radius 1 is 1.75 bits per heavy atom. The van der Waals surface area contributed by atoms with Crippen LogP contribution >= 0.6 is 23.1 Å². The standard InChI is InChI=1S/C10H16N2O2S2/c1-7(3-13)4-15-6-9(14)12-10-11-8(2)5-16-10/h5,7,13H,3-4,6H2,1-2H3,(H,11,12,14). The van der Waals surface area contributed by atoms with Crippen LogP contribution in [0.15, 0.2) is 5.38 Å². The third-order valence-corrected chi connectivity index (χ3v) is 3.96. The second-order valence-corrected chi connectivity index (χ2v) is 5.53. The molecule has 2 N–H and O–H groups in total. The highest BCUT2D eigenvalue weighted by atomic mass is 32.2. The Bertz CT molecular complexity index is 341. The molecular formula is C10H16N2O2S2. The maximum Gasteiger partial charge on any atom is 0.236 e. The number of amides is 1. The molecule has 1 aromatic heterocycles. The normalized spacial score (nSPS) is 12.4. The van der Waals surface area contributed by atoms with Crippen LogP contribution in [0.3, 0.4) is 0 Å². The molecule has 0 aliphatic rings. The largest absolute Gasteiger partial charge is 0.396 e. The van der Waals surface area contributed by atoms with Crippen LogP contribution in [0, 0.1) is 12.8 Å². The van der Waals surface area contributed by atoms with Gasteiger partial charge in [-0.25, -0.2) is 4.98 Å². The SMILES string of the molecule is Cc1csc(NC(=O)CSCC(C)CO)n1. The molecular weight excluding hydrogens is 244 g/mol. The summed E-state index contributed by atoms with van der Waals surface area (Å²) < 4.78 is 0. The van der Waals surface area contributed by atoms with Crippen molar-refractivity contribution in [1.29, 1.82) is 0 Å². The van der Waals surface area contributed by atoms with E-state index in [1.54, 1.807) is 0 Å². The molecule has 0 aliphatic heterocycles. The van der Waals surface area contributed by atoms with Crippen molar-refractivity contribution in [3.05, 3.63) is 11.1 Å². The fraction of sp³-hybridized carbons (Fsp3) is 0.600. The number of aliphatic hydroxyl groups excluding tert-OH is 1. The lowest BCUT2D eigenvalue weighted by molar-refractivity contribution is -0.113. The molecule has 0 spiro atoms. The average Bonchev–Trinajstić information content (AvgIpc) is 2.63. The summed E-state index contributed by atoms with van der Waals surface area (Å²) in [5.74, 6) is 1.40. The van der Waals surface area contributed by atoms with E-state index in [9.17, 15) is 4.79 Å². The van der Waals surface area contributed by atoms with Crippen molar-refractivity contribution in [3.63, 3.8) is 0 Å². The number of carbonyl (C=O) groups excluding carboxylic acids is 1. The lowest BCUT2D eigenvalue weighted by Gasteiger charge is -2.06. The summed E-state index contributed by atoms with van der Waals surface area (Å²) in [7, 11) is 0. The molecule has 90 valence electrons. The second-order valence-electron chi connectivity index (χ2n) is 3.65. The zero-order chi connectivity index (χ0) is 12.0. The molecule has 0 saturated carbocycles. The monoisotopic (exact) mass is 260 g/mol. The van der Waals surface area contributed by atoms with Crippen LogP contribution in [-0.2, 0) is 4.79 Å². The predicted octanol–water partition coefficient (Wildman–Crippen LogP) is 1.75. The van der Waals surface area contributed by atoms with E-state index in [4.69, 9.17) is 5.11 Å². The maximum atomic E-state index is 11.5. The van der Waals surface area contributed by atoms with E-state index in [1.807, 2.05) is 19.2 Å². The number of aliphatic hydroxyl groups is 1. The summed E-state index contributed by atoms with van der Waals surface area (Å²) >= 11 is 2.95. The van der Waals surface area contributed by atoms with Crippen molar-refractivity contribution in [1.82, 2.24) is 4.98 Å². The Hall–Kier alpha value is -0.590. The van der Waals surface area contributed by atoms with Crippen molar-refractivity contribution in [2.75, 3.05) is 23.4 Å².